The molecule has 1 atom stereocenters. The molecule has 0 aliphatic carbocycles. The predicted octanol–water partition coefficient (Wildman–Crippen LogP) is 4.09. The zero-order valence-corrected chi connectivity index (χ0v) is 10.7. The molecule has 0 radical (unpaired) electrons. The summed E-state index contributed by atoms with van der Waals surface area (Å²) in [6.07, 6.45) is 7.29. The van der Waals surface area contributed by atoms with Gasteiger partial charge in [0.25, 0.3) is 0 Å². The number of carboxylic acids is 1. The van der Waals surface area contributed by atoms with Crippen molar-refractivity contribution in [2.24, 2.45) is 11.3 Å². The SMILES string of the molecule is CCCCCCCC(C)C(C)(C)C(=O)O. The molecule has 0 spiro atoms. The van der Waals surface area contributed by atoms with Gasteiger partial charge in [-0.3, -0.25) is 4.79 Å². The number of unbranched alkanes of at least 4 members (excludes halogenated alkanes) is 4. The molecule has 0 saturated carbocycles. The van der Waals surface area contributed by atoms with Crippen molar-refractivity contribution in [1.82, 2.24) is 0 Å². The Morgan fingerprint density at radius 3 is 2.20 bits per heavy atom. The molecule has 0 amide bonds. The molecule has 0 aromatic carbocycles. The molecule has 1 unspecified atom stereocenters. The Labute approximate surface area is 94.1 Å². The van der Waals surface area contributed by atoms with Gasteiger partial charge in [-0.25, -0.2) is 0 Å². The Morgan fingerprint density at radius 2 is 1.73 bits per heavy atom. The van der Waals surface area contributed by atoms with E-state index in [9.17, 15) is 4.79 Å². The summed E-state index contributed by atoms with van der Waals surface area (Å²) in [5.74, 6) is -0.416. The first-order valence-corrected chi connectivity index (χ1v) is 6.16. The van der Waals surface area contributed by atoms with Gasteiger partial charge < -0.3 is 5.11 Å². The minimum atomic E-state index is -0.677. The maximum Gasteiger partial charge on any atom is 0.309 e. The lowest BCUT2D eigenvalue weighted by atomic mass is 9.77. The monoisotopic (exact) mass is 214 g/mol. The molecule has 90 valence electrons. The number of carboxylic acid groups (broad SMARTS) is 1. The van der Waals surface area contributed by atoms with Crippen molar-refractivity contribution in [1.29, 1.82) is 0 Å². The Kier molecular flexibility index (Phi) is 6.62. The van der Waals surface area contributed by atoms with Crippen molar-refractivity contribution < 1.29 is 9.90 Å². The largest absolute Gasteiger partial charge is 0.481 e. The molecule has 0 saturated heterocycles. The van der Waals surface area contributed by atoms with Gasteiger partial charge in [-0.15, -0.1) is 0 Å². The predicted molar refractivity (Wildman–Crippen MR) is 64.0 cm³/mol. The van der Waals surface area contributed by atoms with Crippen LogP contribution in [-0.4, -0.2) is 11.1 Å². The second kappa shape index (κ2) is 6.86. The van der Waals surface area contributed by atoms with Gasteiger partial charge >= 0.3 is 5.97 Å². The average Bonchev–Trinajstić information content (AvgIpc) is 2.16. The Bertz CT molecular complexity index is 185. The molecule has 15 heavy (non-hydrogen) atoms. The van der Waals surface area contributed by atoms with Gasteiger partial charge in [-0.2, -0.15) is 0 Å². The lowest BCUT2D eigenvalue weighted by Gasteiger charge is -2.27. The van der Waals surface area contributed by atoms with Crippen LogP contribution in [0.2, 0.25) is 0 Å². The van der Waals surface area contributed by atoms with E-state index in [1.807, 2.05) is 20.8 Å². The van der Waals surface area contributed by atoms with Crippen LogP contribution in [0.25, 0.3) is 0 Å². The average molecular weight is 214 g/mol. The van der Waals surface area contributed by atoms with Crippen LogP contribution in [0.5, 0.6) is 0 Å². The quantitative estimate of drug-likeness (QED) is 0.618. The van der Waals surface area contributed by atoms with Gasteiger partial charge in [0, 0.05) is 0 Å². The van der Waals surface area contributed by atoms with Crippen molar-refractivity contribution in [3.8, 4) is 0 Å². The van der Waals surface area contributed by atoms with E-state index < -0.39 is 11.4 Å². The third-order valence-corrected chi connectivity index (χ3v) is 3.52. The van der Waals surface area contributed by atoms with E-state index in [-0.39, 0.29) is 5.92 Å². The van der Waals surface area contributed by atoms with Gasteiger partial charge in [-0.1, -0.05) is 46.0 Å². The van der Waals surface area contributed by atoms with Crippen LogP contribution in [0.15, 0.2) is 0 Å². The summed E-state index contributed by atoms with van der Waals surface area (Å²) >= 11 is 0. The molecule has 2 heteroatoms. The van der Waals surface area contributed by atoms with Crippen LogP contribution in [0.1, 0.15) is 66.2 Å². The number of rotatable bonds is 8. The summed E-state index contributed by atoms with van der Waals surface area (Å²) in [5, 5.41) is 9.05. The zero-order valence-electron chi connectivity index (χ0n) is 10.7. The summed E-state index contributed by atoms with van der Waals surface area (Å²) in [7, 11) is 0. The third kappa shape index (κ3) is 5.19. The fourth-order valence-corrected chi connectivity index (χ4v) is 1.63. The maximum atomic E-state index is 11.0. The molecular weight excluding hydrogens is 188 g/mol. The van der Waals surface area contributed by atoms with E-state index in [0.717, 1.165) is 12.8 Å². The van der Waals surface area contributed by atoms with Crippen LogP contribution in [0.3, 0.4) is 0 Å². The zero-order chi connectivity index (χ0) is 11.9. The van der Waals surface area contributed by atoms with Crippen molar-refractivity contribution in [3.63, 3.8) is 0 Å². The molecular formula is C13H26O2. The van der Waals surface area contributed by atoms with E-state index >= 15 is 0 Å². The third-order valence-electron chi connectivity index (χ3n) is 3.52. The Hall–Kier alpha value is -0.530. The van der Waals surface area contributed by atoms with Crippen LogP contribution in [-0.2, 0) is 4.79 Å². The van der Waals surface area contributed by atoms with E-state index in [1.165, 1.54) is 25.7 Å². The molecule has 0 heterocycles. The summed E-state index contributed by atoms with van der Waals surface area (Å²) in [6.45, 7) is 7.90. The van der Waals surface area contributed by atoms with E-state index in [4.69, 9.17) is 5.11 Å². The second-order valence-corrected chi connectivity index (χ2v) is 5.13. The molecule has 0 aliphatic heterocycles. The lowest BCUT2D eigenvalue weighted by Crippen LogP contribution is -2.31. The topological polar surface area (TPSA) is 37.3 Å². The first kappa shape index (κ1) is 14.5. The highest BCUT2D eigenvalue weighted by atomic mass is 16.4. The number of hydrogen-bond donors (Lipinski definition) is 1. The molecule has 0 fully saturated rings. The summed E-state index contributed by atoms with van der Waals surface area (Å²) in [6, 6.07) is 0. The lowest BCUT2D eigenvalue weighted by molar-refractivity contribution is -0.149. The molecule has 0 aliphatic rings. The van der Waals surface area contributed by atoms with Crippen LogP contribution >= 0.6 is 0 Å². The second-order valence-electron chi connectivity index (χ2n) is 5.13. The van der Waals surface area contributed by atoms with E-state index in [1.54, 1.807) is 0 Å². The van der Waals surface area contributed by atoms with Crippen LogP contribution < -0.4 is 0 Å². The molecule has 0 aromatic rings. The van der Waals surface area contributed by atoms with E-state index in [2.05, 4.69) is 6.92 Å². The minimum Gasteiger partial charge on any atom is -0.481 e. The highest BCUT2D eigenvalue weighted by Crippen LogP contribution is 2.30. The van der Waals surface area contributed by atoms with Crippen LogP contribution in [0, 0.1) is 11.3 Å². The maximum absolute atomic E-state index is 11.0. The van der Waals surface area contributed by atoms with Crippen molar-refractivity contribution >= 4 is 5.97 Å². The fraction of sp³-hybridized carbons (Fsp3) is 0.923. The summed E-state index contributed by atoms with van der Waals surface area (Å²) in [4.78, 5) is 11.0. The number of aliphatic carboxylic acids is 1. The smallest absolute Gasteiger partial charge is 0.309 e. The Balaban J connectivity index is 3.73. The van der Waals surface area contributed by atoms with Crippen LogP contribution in [0.4, 0.5) is 0 Å². The number of hydrogen-bond acceptors (Lipinski definition) is 1. The molecule has 0 aromatic heterocycles. The molecule has 0 bridgehead atoms. The van der Waals surface area contributed by atoms with Gasteiger partial charge in [0.15, 0.2) is 0 Å². The van der Waals surface area contributed by atoms with Gasteiger partial charge in [0.2, 0.25) is 0 Å². The molecule has 0 rings (SSSR count). The minimum absolute atomic E-state index is 0.261. The molecule has 2 nitrogen and oxygen atoms in total. The highest BCUT2D eigenvalue weighted by molar-refractivity contribution is 5.73. The van der Waals surface area contributed by atoms with Crippen molar-refractivity contribution in [3.05, 3.63) is 0 Å². The fourth-order valence-electron chi connectivity index (χ4n) is 1.63. The number of carbonyl (C=O) groups is 1. The van der Waals surface area contributed by atoms with Gasteiger partial charge in [0.05, 0.1) is 5.41 Å². The Morgan fingerprint density at radius 1 is 1.20 bits per heavy atom. The van der Waals surface area contributed by atoms with Gasteiger partial charge in [-0.05, 0) is 26.2 Å². The standard InChI is InChI=1S/C13H26O2/c1-5-6-7-8-9-10-11(2)13(3,4)12(14)15/h11H,5-10H2,1-4H3,(H,14,15). The summed E-state index contributed by atoms with van der Waals surface area (Å²) in [5.41, 5.74) is -0.579. The van der Waals surface area contributed by atoms with E-state index in [0.29, 0.717) is 0 Å². The first-order chi connectivity index (χ1) is 6.92. The highest BCUT2D eigenvalue weighted by Gasteiger charge is 2.32. The molecule has 1 N–H and O–H groups in total. The van der Waals surface area contributed by atoms with Gasteiger partial charge in [0.1, 0.15) is 0 Å². The summed E-state index contributed by atoms with van der Waals surface area (Å²) < 4.78 is 0. The van der Waals surface area contributed by atoms with Crippen molar-refractivity contribution in [2.75, 3.05) is 0 Å². The van der Waals surface area contributed by atoms with Crippen molar-refractivity contribution in [2.45, 2.75) is 66.2 Å². The first-order valence-electron chi connectivity index (χ1n) is 6.16. The normalized spacial score (nSPS) is 13.9.